The molecule has 0 aliphatic carbocycles. The summed E-state index contributed by atoms with van der Waals surface area (Å²) < 4.78 is 17.9. The van der Waals surface area contributed by atoms with Gasteiger partial charge in [-0.1, -0.05) is 44.2 Å². The molecule has 0 aliphatic rings. The van der Waals surface area contributed by atoms with Gasteiger partial charge in [0.05, 0.1) is 12.2 Å². The van der Waals surface area contributed by atoms with Crippen molar-refractivity contribution >= 4 is 10.8 Å². The van der Waals surface area contributed by atoms with Crippen LogP contribution < -0.4 is 14.2 Å². The monoisotopic (exact) mass is 396 g/mol. The number of aliphatic hydroxyl groups excluding tert-OH is 2. The van der Waals surface area contributed by atoms with Gasteiger partial charge in [0, 0.05) is 10.8 Å². The van der Waals surface area contributed by atoms with Crippen molar-refractivity contribution in [3.05, 3.63) is 60.7 Å². The zero-order chi connectivity index (χ0) is 20.6. The smallest absolute Gasteiger partial charge is 0.169 e. The highest BCUT2D eigenvalue weighted by Gasteiger charge is 2.16. The van der Waals surface area contributed by atoms with E-state index in [1.165, 1.54) is 0 Å². The number of ether oxygens (including phenoxy) is 3. The minimum absolute atomic E-state index is 0.167. The third-order valence-corrected chi connectivity index (χ3v) is 4.70. The van der Waals surface area contributed by atoms with Crippen molar-refractivity contribution < 1.29 is 24.4 Å². The lowest BCUT2D eigenvalue weighted by Crippen LogP contribution is -2.17. The molecule has 0 heterocycles. The summed E-state index contributed by atoms with van der Waals surface area (Å²) in [6, 6.07) is 18.9. The van der Waals surface area contributed by atoms with E-state index < -0.39 is 12.2 Å². The molecule has 2 unspecified atom stereocenters. The second-order valence-electron chi connectivity index (χ2n) is 6.91. The van der Waals surface area contributed by atoms with Crippen molar-refractivity contribution in [1.29, 1.82) is 0 Å². The molecule has 0 amide bonds. The molecule has 0 fully saturated rings. The first-order valence-corrected chi connectivity index (χ1v) is 10.0. The molecule has 0 bridgehead atoms. The van der Waals surface area contributed by atoms with Gasteiger partial charge in [0.2, 0.25) is 0 Å². The molecule has 2 N–H and O–H groups in total. The lowest BCUT2D eigenvalue weighted by atomic mass is 10.1. The maximum Gasteiger partial charge on any atom is 0.169 e. The van der Waals surface area contributed by atoms with Gasteiger partial charge in [-0.2, -0.15) is 0 Å². The number of hydrogen-bond acceptors (Lipinski definition) is 5. The summed E-state index contributed by atoms with van der Waals surface area (Å²) in [5.41, 5.74) is 0. The van der Waals surface area contributed by atoms with Crippen LogP contribution in [0.4, 0.5) is 0 Å². The predicted octanol–water partition coefficient (Wildman–Crippen LogP) is 4.93. The minimum Gasteiger partial charge on any atom is -0.490 e. The van der Waals surface area contributed by atoms with Gasteiger partial charge in [-0.15, -0.1) is 0 Å². The first-order valence-electron chi connectivity index (χ1n) is 10.0. The number of para-hydroxylation sites is 1. The summed E-state index contributed by atoms with van der Waals surface area (Å²) in [6.45, 7) is 4.21. The Hall–Kier alpha value is -2.76. The third-order valence-electron chi connectivity index (χ3n) is 4.70. The van der Waals surface area contributed by atoms with E-state index in [9.17, 15) is 10.2 Å². The lowest BCUT2D eigenvalue weighted by molar-refractivity contribution is 0.103. The van der Waals surface area contributed by atoms with Crippen LogP contribution in [0.3, 0.4) is 0 Å². The van der Waals surface area contributed by atoms with Crippen LogP contribution in [0.25, 0.3) is 10.8 Å². The van der Waals surface area contributed by atoms with E-state index >= 15 is 0 Å². The van der Waals surface area contributed by atoms with E-state index in [1.54, 1.807) is 0 Å². The van der Waals surface area contributed by atoms with Crippen LogP contribution in [-0.2, 0) is 0 Å². The molecule has 0 radical (unpaired) electrons. The van der Waals surface area contributed by atoms with Gasteiger partial charge in [-0.3, -0.25) is 0 Å². The first-order chi connectivity index (χ1) is 14.1. The molecule has 0 saturated heterocycles. The van der Waals surface area contributed by atoms with Crippen molar-refractivity contribution in [2.24, 2.45) is 0 Å². The van der Waals surface area contributed by atoms with Crippen molar-refractivity contribution in [3.8, 4) is 23.0 Å². The molecular formula is C24H28O5. The van der Waals surface area contributed by atoms with Crippen LogP contribution in [0.15, 0.2) is 60.7 Å². The molecule has 154 valence electrons. The predicted molar refractivity (Wildman–Crippen MR) is 114 cm³/mol. The molecule has 2 atom stereocenters. The number of benzene rings is 3. The van der Waals surface area contributed by atoms with Crippen molar-refractivity contribution in [3.63, 3.8) is 0 Å². The van der Waals surface area contributed by atoms with Crippen LogP contribution in [0, 0.1) is 0 Å². The second kappa shape index (κ2) is 10.1. The van der Waals surface area contributed by atoms with E-state index in [-0.39, 0.29) is 13.2 Å². The maximum absolute atomic E-state index is 9.98. The topological polar surface area (TPSA) is 68.2 Å². The van der Waals surface area contributed by atoms with E-state index in [1.807, 2.05) is 74.5 Å². The van der Waals surface area contributed by atoms with Crippen molar-refractivity contribution in [2.75, 3.05) is 13.2 Å². The van der Waals surface area contributed by atoms with Crippen LogP contribution >= 0.6 is 0 Å². The summed E-state index contributed by atoms with van der Waals surface area (Å²) in [6.07, 6.45) is 0.154. The van der Waals surface area contributed by atoms with Gasteiger partial charge >= 0.3 is 0 Å². The first kappa shape index (κ1) is 21.0. The molecule has 3 rings (SSSR count). The van der Waals surface area contributed by atoms with E-state index in [0.29, 0.717) is 35.8 Å². The number of aliphatic hydroxyl groups is 2. The minimum atomic E-state index is -0.561. The largest absolute Gasteiger partial charge is 0.490 e. The van der Waals surface area contributed by atoms with E-state index in [4.69, 9.17) is 14.2 Å². The fourth-order valence-electron chi connectivity index (χ4n) is 2.85. The average Bonchev–Trinajstić information content (AvgIpc) is 2.76. The van der Waals surface area contributed by atoms with Crippen LogP contribution in [0.5, 0.6) is 23.0 Å². The van der Waals surface area contributed by atoms with Gasteiger partial charge in [-0.25, -0.2) is 0 Å². The van der Waals surface area contributed by atoms with Gasteiger partial charge in [0.1, 0.15) is 24.7 Å². The molecule has 3 aromatic carbocycles. The molecular weight excluding hydrogens is 368 g/mol. The molecule has 0 saturated carbocycles. The Kier molecular flexibility index (Phi) is 7.33. The lowest BCUT2D eigenvalue weighted by Gasteiger charge is -2.18. The Morgan fingerprint density at radius 2 is 1.38 bits per heavy atom. The van der Waals surface area contributed by atoms with Crippen LogP contribution in [-0.4, -0.2) is 35.6 Å². The highest BCUT2D eigenvalue weighted by Crippen LogP contribution is 2.41. The summed E-state index contributed by atoms with van der Waals surface area (Å²) in [4.78, 5) is 0. The van der Waals surface area contributed by atoms with E-state index in [2.05, 4.69) is 0 Å². The SMILES string of the molecule is CCC(O)COc1cccc2c(OCC(O)CC)c(Oc3ccccc3)ccc12. The molecule has 3 aromatic rings. The maximum atomic E-state index is 9.98. The normalized spacial score (nSPS) is 13.1. The third kappa shape index (κ3) is 5.40. The molecule has 5 heteroatoms. The highest BCUT2D eigenvalue weighted by molar-refractivity contribution is 5.95. The fourth-order valence-corrected chi connectivity index (χ4v) is 2.85. The second-order valence-corrected chi connectivity index (χ2v) is 6.91. The molecule has 0 aromatic heterocycles. The molecule has 0 aliphatic heterocycles. The summed E-state index contributed by atoms with van der Waals surface area (Å²) >= 11 is 0. The summed E-state index contributed by atoms with van der Waals surface area (Å²) in [5, 5.41) is 21.5. The fraction of sp³-hybridized carbons (Fsp3) is 0.333. The quantitative estimate of drug-likeness (QED) is 0.508. The van der Waals surface area contributed by atoms with Gasteiger partial charge in [0.25, 0.3) is 0 Å². The molecule has 29 heavy (non-hydrogen) atoms. The average molecular weight is 396 g/mol. The number of fused-ring (bicyclic) bond motifs is 1. The Bertz CT molecular complexity index is 910. The Morgan fingerprint density at radius 3 is 2.07 bits per heavy atom. The zero-order valence-electron chi connectivity index (χ0n) is 16.9. The van der Waals surface area contributed by atoms with Gasteiger partial charge in [-0.05, 0) is 43.2 Å². The van der Waals surface area contributed by atoms with Crippen molar-refractivity contribution in [1.82, 2.24) is 0 Å². The summed E-state index contributed by atoms with van der Waals surface area (Å²) in [7, 11) is 0. The van der Waals surface area contributed by atoms with Gasteiger partial charge < -0.3 is 24.4 Å². The Morgan fingerprint density at radius 1 is 0.690 bits per heavy atom. The number of hydrogen-bond donors (Lipinski definition) is 2. The highest BCUT2D eigenvalue weighted by atomic mass is 16.5. The summed E-state index contributed by atoms with van der Waals surface area (Å²) in [5.74, 6) is 2.49. The van der Waals surface area contributed by atoms with Crippen LogP contribution in [0.2, 0.25) is 0 Å². The van der Waals surface area contributed by atoms with Crippen LogP contribution in [0.1, 0.15) is 26.7 Å². The van der Waals surface area contributed by atoms with E-state index in [0.717, 1.165) is 10.8 Å². The Labute approximate surface area is 171 Å². The number of rotatable bonds is 10. The zero-order valence-corrected chi connectivity index (χ0v) is 16.9. The van der Waals surface area contributed by atoms with Crippen molar-refractivity contribution in [2.45, 2.75) is 38.9 Å². The van der Waals surface area contributed by atoms with Gasteiger partial charge in [0.15, 0.2) is 11.5 Å². The molecule has 0 spiro atoms. The standard InChI is InChI=1S/C24H28O5/c1-3-17(25)15-27-22-12-8-11-21-20(22)13-14-23(24(21)28-16-18(26)4-2)29-19-9-6-5-7-10-19/h5-14,17-18,25-26H,3-4,15-16H2,1-2H3. The Balaban J connectivity index is 1.98. The molecule has 5 nitrogen and oxygen atoms in total.